The van der Waals surface area contributed by atoms with Gasteiger partial charge in [-0.15, -0.1) is 0 Å². The van der Waals surface area contributed by atoms with E-state index in [0.29, 0.717) is 10.6 Å². The first-order valence-corrected chi connectivity index (χ1v) is 16.5. The number of methoxy groups -OCH3 is 1. The van der Waals surface area contributed by atoms with E-state index >= 15 is 0 Å². The van der Waals surface area contributed by atoms with Crippen LogP contribution < -0.4 is 14.4 Å². The van der Waals surface area contributed by atoms with Crippen LogP contribution in [0.25, 0.3) is 0 Å². The number of nitrogens with zero attached hydrogens (tertiary/aromatic N) is 3. The first-order chi connectivity index (χ1) is 21.3. The number of benzene rings is 3. The average Bonchev–Trinajstić information content (AvgIpc) is 3.51. The van der Waals surface area contributed by atoms with Gasteiger partial charge in [-0.05, 0) is 68.7 Å². The number of carbonyl (C=O) groups excluding carboxylic acids is 2. The number of sulfonamides is 1. The number of halogens is 2. The quantitative estimate of drug-likeness (QED) is 0.186. The van der Waals surface area contributed by atoms with E-state index in [1.54, 1.807) is 31.2 Å². The zero-order chi connectivity index (χ0) is 32.9. The van der Waals surface area contributed by atoms with Crippen molar-refractivity contribution in [2.45, 2.75) is 63.1 Å². The Hall–Kier alpha value is -3.87. The zero-order valence-corrected chi connectivity index (χ0v) is 27.4. The molecule has 1 atom stereocenters. The van der Waals surface area contributed by atoms with Crippen molar-refractivity contribution in [3.05, 3.63) is 92.0 Å². The lowest BCUT2D eigenvalue weighted by Gasteiger charge is -2.33. The molecule has 0 bridgehead atoms. The molecule has 0 saturated heterocycles. The number of nitro benzene ring substituents is 1. The molecule has 0 heterocycles. The van der Waals surface area contributed by atoms with Gasteiger partial charge in [0.2, 0.25) is 11.8 Å². The summed E-state index contributed by atoms with van der Waals surface area (Å²) in [5, 5.41) is 15.3. The lowest BCUT2D eigenvalue weighted by Crippen LogP contribution is -2.52. The average molecular weight is 678 g/mol. The summed E-state index contributed by atoms with van der Waals surface area (Å²) in [6.07, 6.45) is 3.67. The number of rotatable bonds is 12. The van der Waals surface area contributed by atoms with E-state index in [2.05, 4.69) is 5.32 Å². The van der Waals surface area contributed by atoms with Crippen LogP contribution >= 0.6 is 23.2 Å². The summed E-state index contributed by atoms with van der Waals surface area (Å²) >= 11 is 12.5. The number of nitro groups is 1. The molecule has 0 unspecified atom stereocenters. The van der Waals surface area contributed by atoms with Crippen molar-refractivity contribution < 1.29 is 27.7 Å². The summed E-state index contributed by atoms with van der Waals surface area (Å²) in [7, 11) is -3.30. The molecular formula is C31H34Cl2N4O7S. The Kier molecular flexibility index (Phi) is 10.9. The fourth-order valence-corrected chi connectivity index (χ4v) is 7.07. The highest BCUT2D eigenvalue weighted by Crippen LogP contribution is 2.36. The third-order valence-electron chi connectivity index (χ3n) is 7.76. The van der Waals surface area contributed by atoms with Crippen LogP contribution in [-0.4, -0.2) is 55.8 Å². The molecule has 2 amide bonds. The topological polar surface area (TPSA) is 139 Å². The van der Waals surface area contributed by atoms with E-state index < -0.39 is 44.0 Å². The largest absolute Gasteiger partial charge is 0.495 e. The molecule has 3 aromatic carbocycles. The van der Waals surface area contributed by atoms with E-state index in [9.17, 15) is 28.1 Å². The Morgan fingerprint density at radius 2 is 1.76 bits per heavy atom. The van der Waals surface area contributed by atoms with Crippen LogP contribution in [0, 0.1) is 17.0 Å². The fraction of sp³-hybridized carbons (Fsp3) is 0.355. The maximum absolute atomic E-state index is 14.2. The number of nitrogens with one attached hydrogen (secondary N) is 1. The van der Waals surface area contributed by atoms with Crippen molar-refractivity contribution in [3.8, 4) is 5.75 Å². The molecule has 1 fully saturated rings. The van der Waals surface area contributed by atoms with Gasteiger partial charge in [0, 0.05) is 34.3 Å². The van der Waals surface area contributed by atoms with Crippen molar-refractivity contribution in [3.63, 3.8) is 0 Å². The number of anilines is 1. The molecule has 1 saturated carbocycles. The molecule has 0 aromatic heterocycles. The summed E-state index contributed by atoms with van der Waals surface area (Å²) in [5.74, 6) is -0.997. The normalized spacial score (nSPS) is 14.1. The minimum atomic E-state index is -4.63. The SMILES string of the molecule is COc1ccc(Cl)cc1N(CC(=O)N(Cc1cccc(Cl)c1)[C@@H](C)C(=O)NC1CCCC1)S(=O)(=O)c1ccc(C)c([N+](=O)[O-])c1. The minimum absolute atomic E-state index is 0.00648. The molecule has 45 heavy (non-hydrogen) atoms. The molecule has 3 aromatic rings. The van der Waals surface area contributed by atoms with Crippen LogP contribution in [0.4, 0.5) is 11.4 Å². The van der Waals surface area contributed by atoms with E-state index in [1.807, 2.05) is 0 Å². The smallest absolute Gasteiger partial charge is 0.273 e. The lowest BCUT2D eigenvalue weighted by atomic mass is 10.1. The van der Waals surface area contributed by atoms with Crippen LogP contribution in [0.5, 0.6) is 5.75 Å². The molecule has 4 rings (SSSR count). The predicted molar refractivity (Wildman–Crippen MR) is 172 cm³/mol. The molecule has 14 heteroatoms. The van der Waals surface area contributed by atoms with Crippen LogP contribution in [0.15, 0.2) is 65.6 Å². The van der Waals surface area contributed by atoms with Crippen molar-refractivity contribution in [2.24, 2.45) is 0 Å². The standard InChI is InChI=1S/C31H34Cl2N4O7S/c1-20-11-13-26(17-27(20)37(40)41)45(42,43)36(28-16-24(33)12-14-29(28)44-3)19-30(38)35(18-22-7-6-8-23(32)15-22)21(2)31(39)34-25-9-4-5-10-25/h6-8,11-17,21,25H,4-5,9-10,18-19H2,1-3H3,(H,34,39)/t21-/m0/s1. The molecule has 0 spiro atoms. The molecule has 0 aliphatic heterocycles. The molecule has 11 nitrogen and oxygen atoms in total. The number of ether oxygens (including phenoxy) is 1. The van der Waals surface area contributed by atoms with Gasteiger partial charge < -0.3 is 15.0 Å². The summed E-state index contributed by atoms with van der Waals surface area (Å²) in [5.41, 5.74) is 0.421. The number of amides is 2. The van der Waals surface area contributed by atoms with E-state index in [-0.39, 0.29) is 40.5 Å². The van der Waals surface area contributed by atoms with Gasteiger partial charge in [-0.25, -0.2) is 8.42 Å². The first-order valence-electron chi connectivity index (χ1n) is 14.3. The van der Waals surface area contributed by atoms with Crippen LogP contribution in [-0.2, 0) is 26.2 Å². The number of hydrogen-bond donors (Lipinski definition) is 1. The van der Waals surface area contributed by atoms with Crippen molar-refractivity contribution in [2.75, 3.05) is 18.0 Å². The highest BCUT2D eigenvalue weighted by Gasteiger charge is 2.35. The molecule has 1 N–H and O–H groups in total. The predicted octanol–water partition coefficient (Wildman–Crippen LogP) is 5.89. The Balaban J connectivity index is 1.79. The van der Waals surface area contributed by atoms with Crippen molar-refractivity contribution >= 4 is 56.4 Å². The minimum Gasteiger partial charge on any atom is -0.495 e. The number of aryl methyl sites for hydroxylation is 1. The third-order valence-corrected chi connectivity index (χ3v) is 9.99. The second-order valence-electron chi connectivity index (χ2n) is 10.9. The van der Waals surface area contributed by atoms with Crippen LogP contribution in [0.3, 0.4) is 0 Å². The van der Waals surface area contributed by atoms with Gasteiger partial charge >= 0.3 is 0 Å². The fourth-order valence-electron chi connectivity index (χ4n) is 5.25. The van der Waals surface area contributed by atoms with Crippen molar-refractivity contribution in [1.82, 2.24) is 10.2 Å². The van der Waals surface area contributed by atoms with Gasteiger partial charge in [0.05, 0.1) is 22.6 Å². The number of carbonyl (C=O) groups is 2. The zero-order valence-electron chi connectivity index (χ0n) is 25.0. The highest BCUT2D eigenvalue weighted by molar-refractivity contribution is 7.92. The Labute approximate surface area is 272 Å². The summed E-state index contributed by atoms with van der Waals surface area (Å²) in [6.45, 7) is 2.24. The van der Waals surface area contributed by atoms with Crippen LogP contribution in [0.1, 0.15) is 43.7 Å². The van der Waals surface area contributed by atoms with Gasteiger partial charge in [0.25, 0.3) is 15.7 Å². The van der Waals surface area contributed by atoms with Gasteiger partial charge in [-0.1, -0.05) is 54.2 Å². The first kappa shape index (κ1) is 34.0. The van der Waals surface area contributed by atoms with E-state index in [4.69, 9.17) is 27.9 Å². The third kappa shape index (κ3) is 8.05. The molecule has 1 aliphatic carbocycles. The maximum Gasteiger partial charge on any atom is 0.273 e. The molecular weight excluding hydrogens is 643 g/mol. The monoisotopic (exact) mass is 676 g/mol. The molecule has 240 valence electrons. The highest BCUT2D eigenvalue weighted by atomic mass is 35.5. The summed E-state index contributed by atoms with van der Waals surface area (Å²) in [4.78, 5) is 39.5. The Bertz CT molecular complexity index is 1700. The van der Waals surface area contributed by atoms with E-state index in [1.165, 1.54) is 49.3 Å². The van der Waals surface area contributed by atoms with Crippen LogP contribution in [0.2, 0.25) is 10.0 Å². The van der Waals surface area contributed by atoms with Gasteiger partial charge in [0.15, 0.2) is 0 Å². The van der Waals surface area contributed by atoms with Crippen molar-refractivity contribution in [1.29, 1.82) is 0 Å². The second kappa shape index (κ2) is 14.5. The summed E-state index contributed by atoms with van der Waals surface area (Å²) < 4.78 is 34.7. The van der Waals surface area contributed by atoms with Gasteiger partial charge in [-0.2, -0.15) is 0 Å². The molecule has 1 aliphatic rings. The van der Waals surface area contributed by atoms with Gasteiger partial charge in [0.1, 0.15) is 18.3 Å². The van der Waals surface area contributed by atoms with E-state index in [0.717, 1.165) is 36.1 Å². The lowest BCUT2D eigenvalue weighted by molar-refractivity contribution is -0.385. The Morgan fingerprint density at radius 1 is 1.07 bits per heavy atom. The number of hydrogen-bond acceptors (Lipinski definition) is 7. The summed E-state index contributed by atoms with van der Waals surface area (Å²) in [6, 6.07) is 13.6. The second-order valence-corrected chi connectivity index (χ2v) is 13.6. The Morgan fingerprint density at radius 3 is 2.40 bits per heavy atom. The molecule has 0 radical (unpaired) electrons. The maximum atomic E-state index is 14.2. The van der Waals surface area contributed by atoms with Gasteiger partial charge in [-0.3, -0.25) is 24.0 Å².